The normalized spacial score (nSPS) is 11.4. The molecular weight excluding hydrogens is 380 g/mol. The van der Waals surface area contributed by atoms with Crippen molar-refractivity contribution in [1.82, 2.24) is 4.98 Å². The van der Waals surface area contributed by atoms with E-state index in [1.54, 1.807) is 54.7 Å². The van der Waals surface area contributed by atoms with Crippen LogP contribution in [0.1, 0.15) is 0 Å². The monoisotopic (exact) mass is 394 g/mol. The Labute approximate surface area is 162 Å². The molecule has 0 aliphatic rings. The standard InChI is InChI=1S/C21H15ClN2O2S/c22-18-10-6-15(7-11-18)16-8-12-19(13-9-16)27(25,26)24-20-5-1-3-17-4-2-14-23-21(17)20/h1-14,24H. The number of nitrogens with zero attached hydrogens (tertiary/aromatic N) is 1. The third-order valence-corrected chi connectivity index (χ3v) is 5.85. The molecule has 134 valence electrons. The van der Waals surface area contributed by atoms with Gasteiger partial charge in [0.15, 0.2) is 0 Å². The minimum atomic E-state index is -3.72. The summed E-state index contributed by atoms with van der Waals surface area (Å²) in [7, 11) is -3.72. The van der Waals surface area contributed by atoms with Gasteiger partial charge in [0, 0.05) is 16.6 Å². The number of hydrogen-bond acceptors (Lipinski definition) is 3. The minimum absolute atomic E-state index is 0.188. The molecule has 1 heterocycles. The van der Waals surface area contributed by atoms with E-state index in [2.05, 4.69) is 9.71 Å². The van der Waals surface area contributed by atoms with Crippen molar-refractivity contribution in [3.05, 3.63) is 90.1 Å². The average molecular weight is 395 g/mol. The third kappa shape index (κ3) is 3.65. The molecule has 4 rings (SSSR count). The second-order valence-electron chi connectivity index (χ2n) is 6.02. The van der Waals surface area contributed by atoms with Gasteiger partial charge in [-0.25, -0.2) is 8.42 Å². The Morgan fingerprint density at radius 2 is 1.41 bits per heavy atom. The smallest absolute Gasteiger partial charge is 0.261 e. The minimum Gasteiger partial charge on any atom is -0.277 e. The molecule has 6 heteroatoms. The molecule has 0 spiro atoms. The lowest BCUT2D eigenvalue weighted by Gasteiger charge is -2.11. The summed E-state index contributed by atoms with van der Waals surface area (Å²) in [4.78, 5) is 4.47. The molecule has 0 aliphatic heterocycles. The molecule has 0 saturated carbocycles. The highest BCUT2D eigenvalue weighted by atomic mass is 35.5. The number of fused-ring (bicyclic) bond motifs is 1. The molecule has 27 heavy (non-hydrogen) atoms. The quantitative estimate of drug-likeness (QED) is 0.507. The largest absolute Gasteiger partial charge is 0.277 e. The number of rotatable bonds is 4. The van der Waals surface area contributed by atoms with Crippen molar-refractivity contribution in [2.24, 2.45) is 0 Å². The highest BCUT2D eigenvalue weighted by Crippen LogP contribution is 2.26. The van der Waals surface area contributed by atoms with Crippen LogP contribution in [0.3, 0.4) is 0 Å². The second kappa shape index (κ2) is 7.02. The highest BCUT2D eigenvalue weighted by Gasteiger charge is 2.16. The van der Waals surface area contributed by atoms with Crippen LogP contribution < -0.4 is 4.72 Å². The summed E-state index contributed by atoms with van der Waals surface area (Å²) in [6.45, 7) is 0. The first kappa shape index (κ1) is 17.5. The van der Waals surface area contributed by atoms with Crippen LogP contribution >= 0.6 is 11.6 Å². The van der Waals surface area contributed by atoms with Crippen LogP contribution in [0.4, 0.5) is 5.69 Å². The number of nitrogens with one attached hydrogen (secondary N) is 1. The Hall–Kier alpha value is -2.89. The molecule has 0 saturated heterocycles. The Morgan fingerprint density at radius 3 is 2.11 bits per heavy atom. The number of pyridine rings is 1. The summed E-state index contributed by atoms with van der Waals surface area (Å²) in [5.41, 5.74) is 2.95. The Bertz CT molecular complexity index is 1200. The van der Waals surface area contributed by atoms with Crippen molar-refractivity contribution in [3.63, 3.8) is 0 Å². The van der Waals surface area contributed by atoms with E-state index in [4.69, 9.17) is 11.6 Å². The van der Waals surface area contributed by atoms with E-state index < -0.39 is 10.0 Å². The summed E-state index contributed by atoms with van der Waals surface area (Å²) in [5, 5.41) is 1.53. The molecule has 0 radical (unpaired) electrons. The maximum absolute atomic E-state index is 12.8. The van der Waals surface area contributed by atoms with Gasteiger partial charge < -0.3 is 0 Å². The number of benzene rings is 3. The van der Waals surface area contributed by atoms with Crippen molar-refractivity contribution in [2.75, 3.05) is 4.72 Å². The molecule has 0 amide bonds. The summed E-state index contributed by atoms with van der Waals surface area (Å²) >= 11 is 5.91. The SMILES string of the molecule is O=S(=O)(Nc1cccc2cccnc12)c1ccc(-c2ccc(Cl)cc2)cc1. The van der Waals surface area contributed by atoms with Crippen molar-refractivity contribution in [3.8, 4) is 11.1 Å². The number of aromatic nitrogens is 1. The van der Waals surface area contributed by atoms with Crippen molar-refractivity contribution in [1.29, 1.82) is 0 Å². The molecule has 1 N–H and O–H groups in total. The lowest BCUT2D eigenvalue weighted by Crippen LogP contribution is -2.13. The molecule has 0 atom stereocenters. The van der Waals surface area contributed by atoms with Gasteiger partial charge in [0.2, 0.25) is 0 Å². The fourth-order valence-corrected chi connectivity index (χ4v) is 4.05. The van der Waals surface area contributed by atoms with Gasteiger partial charge in [0.1, 0.15) is 0 Å². The molecule has 3 aromatic carbocycles. The molecule has 4 aromatic rings. The zero-order valence-corrected chi connectivity index (χ0v) is 15.7. The zero-order chi connectivity index (χ0) is 18.9. The molecular formula is C21H15ClN2O2S. The van der Waals surface area contributed by atoms with Crippen LogP contribution in [-0.4, -0.2) is 13.4 Å². The van der Waals surface area contributed by atoms with Gasteiger partial charge >= 0.3 is 0 Å². The highest BCUT2D eigenvalue weighted by molar-refractivity contribution is 7.92. The van der Waals surface area contributed by atoms with Crippen molar-refractivity contribution < 1.29 is 8.42 Å². The first-order valence-electron chi connectivity index (χ1n) is 8.25. The predicted octanol–water partition coefficient (Wildman–Crippen LogP) is 5.36. The molecule has 0 aliphatic carbocycles. The van der Waals surface area contributed by atoms with Gasteiger partial charge in [0.05, 0.1) is 16.1 Å². The van der Waals surface area contributed by atoms with Gasteiger partial charge in [-0.1, -0.05) is 54.1 Å². The van der Waals surface area contributed by atoms with E-state index in [0.717, 1.165) is 16.5 Å². The molecule has 0 bridgehead atoms. The number of halogens is 1. The average Bonchev–Trinajstić information content (AvgIpc) is 2.69. The van der Waals surface area contributed by atoms with E-state index in [1.807, 2.05) is 30.3 Å². The van der Waals surface area contributed by atoms with E-state index in [0.29, 0.717) is 16.2 Å². The van der Waals surface area contributed by atoms with Crippen LogP contribution in [0.2, 0.25) is 5.02 Å². The van der Waals surface area contributed by atoms with Gasteiger partial charge in [0.25, 0.3) is 10.0 Å². The van der Waals surface area contributed by atoms with Crippen LogP contribution in [0.5, 0.6) is 0 Å². The predicted molar refractivity (Wildman–Crippen MR) is 109 cm³/mol. The molecule has 0 fully saturated rings. The Morgan fingerprint density at radius 1 is 0.778 bits per heavy atom. The summed E-state index contributed by atoms with van der Waals surface area (Å²) in [6, 6.07) is 23.2. The molecule has 4 nitrogen and oxygen atoms in total. The van der Waals surface area contributed by atoms with E-state index in [-0.39, 0.29) is 4.90 Å². The third-order valence-electron chi connectivity index (χ3n) is 4.22. The van der Waals surface area contributed by atoms with Crippen LogP contribution in [0.25, 0.3) is 22.0 Å². The first-order chi connectivity index (χ1) is 13.0. The van der Waals surface area contributed by atoms with E-state index in [9.17, 15) is 8.42 Å². The van der Waals surface area contributed by atoms with Gasteiger partial charge in [-0.15, -0.1) is 0 Å². The first-order valence-corrected chi connectivity index (χ1v) is 10.1. The number of anilines is 1. The molecule has 0 unspecified atom stereocenters. The Kier molecular flexibility index (Phi) is 4.56. The lowest BCUT2D eigenvalue weighted by molar-refractivity contribution is 0.601. The van der Waals surface area contributed by atoms with E-state index in [1.165, 1.54) is 0 Å². The zero-order valence-electron chi connectivity index (χ0n) is 14.1. The fourth-order valence-electron chi connectivity index (χ4n) is 2.86. The second-order valence-corrected chi connectivity index (χ2v) is 8.14. The molecule has 1 aromatic heterocycles. The maximum Gasteiger partial charge on any atom is 0.261 e. The topological polar surface area (TPSA) is 59.1 Å². The fraction of sp³-hybridized carbons (Fsp3) is 0. The van der Waals surface area contributed by atoms with Crippen LogP contribution in [-0.2, 0) is 10.0 Å². The maximum atomic E-state index is 12.8. The van der Waals surface area contributed by atoms with Crippen LogP contribution in [0, 0.1) is 0 Å². The van der Waals surface area contributed by atoms with Crippen molar-refractivity contribution >= 4 is 38.2 Å². The summed E-state index contributed by atoms with van der Waals surface area (Å²) in [6.07, 6.45) is 1.64. The van der Waals surface area contributed by atoms with Gasteiger partial charge in [-0.3, -0.25) is 9.71 Å². The number of sulfonamides is 1. The summed E-state index contributed by atoms with van der Waals surface area (Å²) < 4.78 is 28.2. The number of hydrogen-bond donors (Lipinski definition) is 1. The summed E-state index contributed by atoms with van der Waals surface area (Å²) in [5.74, 6) is 0. The van der Waals surface area contributed by atoms with Crippen molar-refractivity contribution in [2.45, 2.75) is 4.90 Å². The number of para-hydroxylation sites is 1. The Balaban J connectivity index is 1.64. The van der Waals surface area contributed by atoms with Crippen LogP contribution in [0.15, 0.2) is 90.0 Å². The van der Waals surface area contributed by atoms with Gasteiger partial charge in [-0.2, -0.15) is 0 Å². The lowest BCUT2D eigenvalue weighted by atomic mass is 10.1. The van der Waals surface area contributed by atoms with E-state index >= 15 is 0 Å². The van der Waals surface area contributed by atoms with Gasteiger partial charge in [-0.05, 0) is 47.5 Å².